The number of fused-ring (bicyclic) bond motifs is 5. The molecule has 6 aromatic carbocycles. The molecule has 7 fully saturated rings. The summed E-state index contributed by atoms with van der Waals surface area (Å²) in [5, 5.41) is 48.8. The lowest BCUT2D eigenvalue weighted by Gasteiger charge is -2.45. The number of halogens is 7. The Morgan fingerprint density at radius 2 is 0.818 bits per heavy atom. The van der Waals surface area contributed by atoms with Gasteiger partial charge in [-0.1, -0.05) is 93.2 Å². The lowest BCUT2D eigenvalue weighted by atomic mass is 9.84. The van der Waals surface area contributed by atoms with Gasteiger partial charge in [-0.3, -0.25) is 54.3 Å². The van der Waals surface area contributed by atoms with Gasteiger partial charge in [0.15, 0.2) is 0 Å². The van der Waals surface area contributed by atoms with Crippen LogP contribution in [0.3, 0.4) is 0 Å². The van der Waals surface area contributed by atoms with Gasteiger partial charge in [-0.05, 0) is 118 Å². The molecule has 29 nitrogen and oxygen atoms in total. The Balaban J connectivity index is 0.000000111. The molecule has 110 heavy (non-hydrogen) atoms. The first-order valence-electron chi connectivity index (χ1n) is 35.5. The first-order valence-corrected chi connectivity index (χ1v) is 37.5. The van der Waals surface area contributed by atoms with Crippen molar-refractivity contribution in [2.45, 2.75) is 92.8 Å². The van der Waals surface area contributed by atoms with Gasteiger partial charge in [0.05, 0.1) is 71.0 Å². The Morgan fingerprint density at radius 3 is 1.24 bits per heavy atom. The number of carbonyl (C=O) groups is 7. The molecule has 19 rings (SSSR count). The van der Waals surface area contributed by atoms with Gasteiger partial charge in [-0.15, -0.1) is 0 Å². The van der Waals surface area contributed by atoms with Gasteiger partial charge in [0.1, 0.15) is 41.5 Å². The van der Waals surface area contributed by atoms with Crippen molar-refractivity contribution in [2.75, 3.05) is 89.1 Å². The fraction of sp³-hybridized carbons (Fsp3) is 0.324. The molecule has 10 amide bonds. The fourth-order valence-electron chi connectivity index (χ4n) is 16.1. The van der Waals surface area contributed by atoms with Gasteiger partial charge in [-0.25, -0.2) is 19.4 Å². The van der Waals surface area contributed by atoms with Crippen LogP contribution in [0.5, 0.6) is 0 Å². The van der Waals surface area contributed by atoms with Crippen LogP contribution in [0, 0.1) is 0 Å². The topological polar surface area (TPSA) is 343 Å². The van der Waals surface area contributed by atoms with Crippen LogP contribution in [0.25, 0.3) is 43.6 Å². The molecular weight excluding hydrogens is 1550 g/mol. The molecule has 0 atom stereocenters. The van der Waals surface area contributed by atoms with Crippen LogP contribution in [0.15, 0.2) is 149 Å². The lowest BCUT2D eigenvalue weighted by molar-refractivity contribution is -0.155. The van der Waals surface area contributed by atoms with Gasteiger partial charge < -0.3 is 50.6 Å². The molecule has 568 valence electrons. The Hall–Kier alpha value is -11.2. The van der Waals surface area contributed by atoms with Gasteiger partial charge in [0.25, 0.3) is 17.7 Å². The van der Waals surface area contributed by atoms with E-state index in [0.717, 1.165) is 114 Å². The third-order valence-electron chi connectivity index (χ3n) is 21.9. The number of oxazole rings is 1. The van der Waals surface area contributed by atoms with Crippen molar-refractivity contribution in [1.29, 1.82) is 0 Å². The molecule has 9 N–H and O–H groups in total. The smallest absolute Gasteiger partial charge is 0.406 e. The van der Waals surface area contributed by atoms with E-state index in [1.165, 1.54) is 22.3 Å². The number of nitrogens with one attached hydrogen (secondary N) is 9. The number of piperidine rings is 4. The van der Waals surface area contributed by atoms with Gasteiger partial charge >= 0.3 is 24.3 Å². The van der Waals surface area contributed by atoms with Crippen molar-refractivity contribution in [1.82, 2.24) is 76.4 Å². The standard InChI is InChI=1S/C21H20BrN5O2.C19H18ClN5O.C18H17ClN6O3.C16H15ClF3N5O2/c22-15-10-17-16(12-23-25-17)18(11-15)26-8-6-21(7-9-26)19(28)27(20(29)24-21)13-14-4-2-1-3-5-14;20-12-9-16-13(11-21-24-16)17(10-12)25-7-5-19(6-8-25)18(26)22-14-3-1-2-4-15(14)23-19;19-11-7-13-12(9-21-23-13)14(8-11)24-4-1-18(2-5-24)16(26)25(17(27)22-18)10-15-20-3-6-28-15;17-9-5-11-10(7-21-23-11)12(6-9)24-3-1-15(2-4-24)13(26)25(14(27)22-15)8-16(18,19)20/h1-5,10-12H,6-9,13H2,(H,23,25)(H,24,29);1-4,9-11,23H,5-8H2,(H,21,24)(H,22,26);3,6-9H,1-2,4-5,10H2,(H,21,23)(H,22,27);5-7H,1-4,8H2,(H,21,23)(H,22,27). The minimum Gasteiger partial charge on any atom is -0.447 e. The molecule has 11 aromatic rings. The highest BCUT2D eigenvalue weighted by molar-refractivity contribution is 9.10. The molecule has 0 unspecified atom stereocenters. The second-order valence-electron chi connectivity index (χ2n) is 28.4. The Kier molecular flexibility index (Phi) is 19.3. The monoisotopic (exact) mass is 1620 g/mol. The third-order valence-corrected chi connectivity index (χ3v) is 23.0. The first-order chi connectivity index (χ1) is 52.9. The van der Waals surface area contributed by atoms with Gasteiger partial charge in [-0.2, -0.15) is 33.6 Å². The van der Waals surface area contributed by atoms with Crippen molar-refractivity contribution in [3.63, 3.8) is 0 Å². The number of hydrogen-bond acceptors (Lipinski definition) is 18. The summed E-state index contributed by atoms with van der Waals surface area (Å²) < 4.78 is 44.1. The number of aromatic nitrogens is 9. The molecule has 13 heterocycles. The minimum absolute atomic E-state index is 0.0348. The second-order valence-corrected chi connectivity index (χ2v) is 30.6. The number of imide groups is 3. The molecular formula is C74H70BrCl3F3N21O8. The number of H-pyrrole nitrogens is 4. The maximum Gasteiger partial charge on any atom is 0.406 e. The number of alkyl halides is 3. The van der Waals surface area contributed by atoms with Crippen LogP contribution < -0.4 is 46.2 Å². The van der Waals surface area contributed by atoms with Crippen LogP contribution in [0.2, 0.25) is 15.1 Å². The summed E-state index contributed by atoms with van der Waals surface area (Å²) in [5.74, 6) is -0.776. The fourth-order valence-corrected chi connectivity index (χ4v) is 17.1. The van der Waals surface area contributed by atoms with Crippen molar-refractivity contribution in [3.05, 3.63) is 171 Å². The summed E-state index contributed by atoms with van der Waals surface area (Å²) in [6.45, 7) is 3.65. The maximum atomic E-state index is 13.2. The van der Waals surface area contributed by atoms with E-state index in [0.29, 0.717) is 92.5 Å². The molecule has 0 aliphatic carbocycles. The number of carbonyl (C=O) groups excluding carboxylic acids is 7. The molecule has 5 aromatic heterocycles. The number of aromatic amines is 4. The minimum atomic E-state index is -4.63. The Labute approximate surface area is 647 Å². The highest BCUT2D eigenvalue weighted by Gasteiger charge is 2.57. The van der Waals surface area contributed by atoms with Gasteiger partial charge in [0.2, 0.25) is 11.8 Å². The van der Waals surface area contributed by atoms with Crippen LogP contribution in [-0.4, -0.2) is 189 Å². The van der Waals surface area contributed by atoms with Crippen LogP contribution in [0.4, 0.5) is 61.7 Å². The molecule has 4 spiro atoms. The van der Waals surface area contributed by atoms with Crippen LogP contribution in [0.1, 0.15) is 62.8 Å². The molecule has 7 saturated heterocycles. The van der Waals surface area contributed by atoms with E-state index in [1.807, 2.05) is 102 Å². The zero-order chi connectivity index (χ0) is 76.4. The number of benzene rings is 6. The maximum absolute atomic E-state index is 13.2. The number of urea groups is 3. The van der Waals surface area contributed by atoms with Crippen molar-refractivity contribution in [3.8, 4) is 0 Å². The summed E-state index contributed by atoms with van der Waals surface area (Å²) in [6.07, 6.45) is 9.39. The van der Waals surface area contributed by atoms with Crippen molar-refractivity contribution >= 4 is 170 Å². The summed E-state index contributed by atoms with van der Waals surface area (Å²) in [5.41, 5.74) is 6.72. The number of para-hydroxylation sites is 2. The normalized spacial score (nSPS) is 19.0. The quantitative estimate of drug-likeness (QED) is 0.0606. The van der Waals surface area contributed by atoms with Crippen LogP contribution in [-0.2, 0) is 32.3 Å². The molecule has 0 saturated carbocycles. The molecule has 0 radical (unpaired) electrons. The summed E-state index contributed by atoms with van der Waals surface area (Å²) in [7, 11) is 0. The van der Waals surface area contributed by atoms with Gasteiger partial charge in [0, 0.05) is 116 Å². The summed E-state index contributed by atoms with van der Waals surface area (Å²) >= 11 is 22.2. The highest BCUT2D eigenvalue weighted by atomic mass is 79.9. The molecule has 36 heteroatoms. The molecule has 8 aliphatic rings. The average molecular weight is 1620 g/mol. The first kappa shape index (κ1) is 73.0. The molecule has 8 aliphatic heterocycles. The van der Waals surface area contributed by atoms with E-state index in [2.05, 4.69) is 109 Å². The van der Waals surface area contributed by atoms with E-state index in [-0.39, 0.29) is 48.0 Å². The zero-order valence-corrected chi connectivity index (χ0v) is 62.3. The average Bonchev–Trinajstić information content (AvgIpc) is 1.46. The second kappa shape index (κ2) is 29.0. The Morgan fingerprint density at radius 1 is 0.445 bits per heavy atom. The summed E-state index contributed by atoms with van der Waals surface area (Å²) in [6, 6.07) is 30.9. The number of amides is 10. The van der Waals surface area contributed by atoms with E-state index in [4.69, 9.17) is 39.2 Å². The van der Waals surface area contributed by atoms with E-state index >= 15 is 0 Å². The molecule has 0 bridgehead atoms. The largest absolute Gasteiger partial charge is 0.447 e. The number of nitrogens with zero attached hydrogens (tertiary/aromatic N) is 12. The predicted molar refractivity (Wildman–Crippen MR) is 410 cm³/mol. The number of anilines is 6. The van der Waals surface area contributed by atoms with E-state index in [9.17, 15) is 46.7 Å². The van der Waals surface area contributed by atoms with E-state index < -0.39 is 52.8 Å². The number of hydrogen-bond donors (Lipinski definition) is 9. The van der Waals surface area contributed by atoms with E-state index in [1.54, 1.807) is 24.5 Å². The van der Waals surface area contributed by atoms with Crippen molar-refractivity contribution < 1.29 is 51.2 Å². The Bertz CT molecular complexity index is 5400. The van der Waals surface area contributed by atoms with Crippen molar-refractivity contribution in [2.24, 2.45) is 0 Å². The predicted octanol–water partition coefficient (Wildman–Crippen LogP) is 12.0. The summed E-state index contributed by atoms with van der Waals surface area (Å²) in [4.78, 5) is 104. The highest BCUT2D eigenvalue weighted by Crippen LogP contribution is 2.43. The van der Waals surface area contributed by atoms with Crippen LogP contribution >= 0.6 is 50.7 Å². The lowest BCUT2D eigenvalue weighted by Crippen LogP contribution is -2.58. The number of rotatable bonds is 9. The zero-order valence-electron chi connectivity index (χ0n) is 58.5. The third kappa shape index (κ3) is 14.0. The SMILES string of the molecule is O=C1NC2(CCN(c3cc(Br)cc4[nH]ncc34)CC2)C(=O)N1Cc1ccccc1.O=C1NC2(CCN(c3cc(Cl)cc4[nH]ncc34)CC2)C(=O)N1CC(F)(F)F.O=C1NC2(CCN(c3cc(Cl)cc4[nH]ncc34)CC2)C(=O)N1Cc1ncco1.O=C1Nc2ccccc2NC12CCN(c1cc(Cl)cc3[nH]ncc13)CC2.